The van der Waals surface area contributed by atoms with Crippen LogP contribution >= 0.6 is 0 Å². The number of fused-ring (bicyclic) bond motifs is 1. The molecule has 1 aliphatic rings. The number of aliphatic hydroxyl groups is 1. The van der Waals surface area contributed by atoms with Gasteiger partial charge in [-0.15, -0.1) is 0 Å². The summed E-state index contributed by atoms with van der Waals surface area (Å²) in [7, 11) is 0. The number of carbonyl (C=O) groups excluding carboxylic acids is 1. The summed E-state index contributed by atoms with van der Waals surface area (Å²) in [5.41, 5.74) is 0. The van der Waals surface area contributed by atoms with Gasteiger partial charge in [0.15, 0.2) is 0 Å². The molecule has 0 aromatic heterocycles. The highest BCUT2D eigenvalue weighted by molar-refractivity contribution is 5.83. The molecule has 1 heterocycles. The molecule has 122 valence electrons. The fourth-order valence-electron chi connectivity index (χ4n) is 3.30. The number of benzene rings is 2. The van der Waals surface area contributed by atoms with Gasteiger partial charge >= 0.3 is 0 Å². The molecule has 4 nitrogen and oxygen atoms in total. The van der Waals surface area contributed by atoms with Crippen molar-refractivity contribution in [2.75, 3.05) is 13.2 Å². The summed E-state index contributed by atoms with van der Waals surface area (Å²) >= 11 is 0. The maximum atomic E-state index is 11.7. The van der Waals surface area contributed by atoms with Crippen LogP contribution in [0.15, 0.2) is 42.5 Å². The monoisotopic (exact) mass is 313 g/mol. The second kappa shape index (κ2) is 7.01. The molecule has 2 atom stereocenters. The van der Waals surface area contributed by atoms with E-state index in [4.69, 9.17) is 4.74 Å². The molecule has 0 bridgehead atoms. The van der Waals surface area contributed by atoms with E-state index in [0.717, 1.165) is 42.3 Å². The number of aliphatic hydroxyl groups excluding tert-OH is 1. The molecule has 3 rings (SSSR count). The molecule has 1 fully saturated rings. The van der Waals surface area contributed by atoms with Gasteiger partial charge in [-0.2, -0.15) is 0 Å². The van der Waals surface area contributed by atoms with Crippen LogP contribution in [0.2, 0.25) is 0 Å². The van der Waals surface area contributed by atoms with Gasteiger partial charge in [-0.05, 0) is 42.2 Å². The lowest BCUT2D eigenvalue weighted by Crippen LogP contribution is -2.50. The summed E-state index contributed by atoms with van der Waals surface area (Å²) < 4.78 is 5.77. The number of hydrogen-bond donors (Lipinski definition) is 1. The standard InChI is InChI=1S/C19H23NO3/c1-14(21)20-11-5-4-8-18(20)19(22)13-23-17-10-9-15-6-2-3-7-16(15)12-17/h2-3,6-7,9-10,12,18-19,22H,4-5,8,11,13H2,1H3/t18-,19-/m1/s1. The first-order valence-electron chi connectivity index (χ1n) is 8.22. The van der Waals surface area contributed by atoms with E-state index in [9.17, 15) is 9.90 Å². The molecular formula is C19H23NO3. The zero-order chi connectivity index (χ0) is 16.2. The van der Waals surface area contributed by atoms with Crippen molar-refractivity contribution < 1.29 is 14.6 Å². The zero-order valence-electron chi connectivity index (χ0n) is 13.4. The van der Waals surface area contributed by atoms with Crippen LogP contribution in [0.25, 0.3) is 10.8 Å². The van der Waals surface area contributed by atoms with E-state index in [1.165, 1.54) is 0 Å². The maximum absolute atomic E-state index is 11.7. The van der Waals surface area contributed by atoms with E-state index in [-0.39, 0.29) is 18.6 Å². The third kappa shape index (κ3) is 3.64. The van der Waals surface area contributed by atoms with E-state index in [1.54, 1.807) is 11.8 Å². The quantitative estimate of drug-likeness (QED) is 0.944. The van der Waals surface area contributed by atoms with Gasteiger partial charge < -0.3 is 14.7 Å². The smallest absolute Gasteiger partial charge is 0.219 e. The van der Waals surface area contributed by atoms with Gasteiger partial charge in [0.25, 0.3) is 0 Å². The first kappa shape index (κ1) is 15.8. The van der Waals surface area contributed by atoms with Crippen LogP contribution in [-0.4, -0.2) is 41.2 Å². The second-order valence-corrected chi connectivity index (χ2v) is 6.16. The highest BCUT2D eigenvalue weighted by Crippen LogP contribution is 2.23. The van der Waals surface area contributed by atoms with Gasteiger partial charge in [0.2, 0.25) is 5.91 Å². The summed E-state index contributed by atoms with van der Waals surface area (Å²) in [5, 5.41) is 12.7. The number of piperidine rings is 1. The lowest BCUT2D eigenvalue weighted by Gasteiger charge is -2.37. The fourth-order valence-corrected chi connectivity index (χ4v) is 3.30. The van der Waals surface area contributed by atoms with Crippen LogP contribution in [0.3, 0.4) is 0 Å². The summed E-state index contributed by atoms with van der Waals surface area (Å²) in [6.07, 6.45) is 2.23. The van der Waals surface area contributed by atoms with Crippen molar-refractivity contribution in [3.8, 4) is 5.75 Å². The average Bonchev–Trinajstić information content (AvgIpc) is 2.59. The number of rotatable bonds is 4. The van der Waals surface area contributed by atoms with Crippen LogP contribution in [0.1, 0.15) is 26.2 Å². The van der Waals surface area contributed by atoms with Crippen LogP contribution in [0, 0.1) is 0 Å². The Hall–Kier alpha value is -2.07. The number of nitrogens with zero attached hydrogens (tertiary/aromatic N) is 1. The molecule has 2 aromatic rings. The number of likely N-dealkylation sites (tertiary alicyclic amines) is 1. The van der Waals surface area contributed by atoms with Crippen LogP contribution < -0.4 is 4.74 Å². The molecule has 0 radical (unpaired) electrons. The molecule has 2 aromatic carbocycles. The molecular weight excluding hydrogens is 290 g/mol. The molecule has 1 saturated heterocycles. The van der Waals surface area contributed by atoms with Crippen LogP contribution in [0.5, 0.6) is 5.75 Å². The fraction of sp³-hybridized carbons (Fsp3) is 0.421. The number of hydrogen-bond acceptors (Lipinski definition) is 3. The highest BCUT2D eigenvalue weighted by atomic mass is 16.5. The van der Waals surface area contributed by atoms with Crippen molar-refractivity contribution in [2.45, 2.75) is 38.3 Å². The Morgan fingerprint density at radius 2 is 2.04 bits per heavy atom. The Morgan fingerprint density at radius 3 is 2.83 bits per heavy atom. The molecule has 1 N–H and O–H groups in total. The van der Waals surface area contributed by atoms with Gasteiger partial charge in [0.05, 0.1) is 6.04 Å². The van der Waals surface area contributed by atoms with Gasteiger partial charge in [-0.25, -0.2) is 0 Å². The van der Waals surface area contributed by atoms with Gasteiger partial charge in [-0.1, -0.05) is 30.3 Å². The normalized spacial score (nSPS) is 19.6. The molecule has 1 amide bonds. The van der Waals surface area contributed by atoms with Crippen molar-refractivity contribution >= 4 is 16.7 Å². The predicted molar refractivity (Wildman–Crippen MR) is 90.5 cm³/mol. The molecule has 4 heteroatoms. The Labute approximate surface area is 136 Å². The zero-order valence-corrected chi connectivity index (χ0v) is 13.4. The van der Waals surface area contributed by atoms with Crippen molar-refractivity contribution in [1.82, 2.24) is 4.90 Å². The third-order valence-corrected chi connectivity index (χ3v) is 4.54. The Kier molecular flexibility index (Phi) is 4.82. The van der Waals surface area contributed by atoms with Crippen molar-refractivity contribution in [2.24, 2.45) is 0 Å². The van der Waals surface area contributed by atoms with E-state index in [1.807, 2.05) is 36.4 Å². The van der Waals surface area contributed by atoms with Gasteiger partial charge in [-0.3, -0.25) is 4.79 Å². The molecule has 0 spiro atoms. The van der Waals surface area contributed by atoms with Crippen LogP contribution in [0.4, 0.5) is 0 Å². The van der Waals surface area contributed by atoms with Gasteiger partial charge in [0.1, 0.15) is 18.5 Å². The Bertz CT molecular complexity index is 685. The SMILES string of the molecule is CC(=O)N1CCCC[C@@H]1[C@H](O)COc1ccc2ccccc2c1. The summed E-state index contributed by atoms with van der Waals surface area (Å²) in [4.78, 5) is 13.5. The number of amides is 1. The van der Waals surface area contributed by atoms with Gasteiger partial charge in [0, 0.05) is 13.5 Å². The van der Waals surface area contributed by atoms with E-state index >= 15 is 0 Å². The molecule has 23 heavy (non-hydrogen) atoms. The summed E-state index contributed by atoms with van der Waals surface area (Å²) in [5.74, 6) is 0.771. The molecule has 0 unspecified atom stereocenters. The van der Waals surface area contributed by atoms with Crippen molar-refractivity contribution in [1.29, 1.82) is 0 Å². The summed E-state index contributed by atoms with van der Waals surface area (Å²) in [6, 6.07) is 13.9. The third-order valence-electron chi connectivity index (χ3n) is 4.54. The predicted octanol–water partition coefficient (Wildman–Crippen LogP) is 2.98. The maximum Gasteiger partial charge on any atom is 0.219 e. The van der Waals surface area contributed by atoms with Crippen LogP contribution in [-0.2, 0) is 4.79 Å². The largest absolute Gasteiger partial charge is 0.491 e. The van der Waals surface area contributed by atoms with E-state index in [2.05, 4.69) is 6.07 Å². The number of ether oxygens (including phenoxy) is 1. The Balaban J connectivity index is 1.64. The lowest BCUT2D eigenvalue weighted by molar-refractivity contribution is -0.136. The lowest BCUT2D eigenvalue weighted by atomic mass is 9.97. The van der Waals surface area contributed by atoms with E-state index < -0.39 is 6.10 Å². The average molecular weight is 313 g/mol. The first-order chi connectivity index (χ1) is 11.1. The minimum absolute atomic E-state index is 0.0273. The van der Waals surface area contributed by atoms with E-state index in [0.29, 0.717) is 0 Å². The molecule has 0 saturated carbocycles. The molecule has 1 aliphatic heterocycles. The molecule has 0 aliphatic carbocycles. The second-order valence-electron chi connectivity index (χ2n) is 6.16. The summed E-state index contributed by atoms with van der Waals surface area (Å²) in [6.45, 7) is 2.50. The minimum atomic E-state index is -0.661. The highest BCUT2D eigenvalue weighted by Gasteiger charge is 2.30. The minimum Gasteiger partial charge on any atom is -0.491 e. The number of carbonyl (C=O) groups is 1. The van der Waals surface area contributed by atoms with Crippen molar-refractivity contribution in [3.05, 3.63) is 42.5 Å². The first-order valence-corrected chi connectivity index (χ1v) is 8.22. The van der Waals surface area contributed by atoms with Crippen molar-refractivity contribution in [3.63, 3.8) is 0 Å². The topological polar surface area (TPSA) is 49.8 Å². The Morgan fingerprint density at radius 1 is 1.26 bits per heavy atom.